The molecule has 126 valence electrons. The third-order valence-electron chi connectivity index (χ3n) is 3.87. The SMILES string of the molecule is COc1ccc(CNCC(=O)N2CCN(C=O)CC2)cc1OC. The van der Waals surface area contributed by atoms with Gasteiger partial charge in [-0.25, -0.2) is 0 Å². The highest BCUT2D eigenvalue weighted by atomic mass is 16.5. The minimum absolute atomic E-state index is 0.0519. The van der Waals surface area contributed by atoms with Crippen LogP contribution in [-0.2, 0) is 16.1 Å². The number of piperazine rings is 1. The lowest BCUT2D eigenvalue weighted by Gasteiger charge is -2.32. The van der Waals surface area contributed by atoms with Crippen LogP contribution >= 0.6 is 0 Å². The third kappa shape index (κ3) is 4.59. The molecule has 0 atom stereocenters. The van der Waals surface area contributed by atoms with Gasteiger partial charge in [-0.15, -0.1) is 0 Å². The number of hydrogen-bond donors (Lipinski definition) is 1. The summed E-state index contributed by atoms with van der Waals surface area (Å²) in [4.78, 5) is 26.2. The zero-order chi connectivity index (χ0) is 16.7. The van der Waals surface area contributed by atoms with E-state index in [1.54, 1.807) is 24.0 Å². The Labute approximate surface area is 136 Å². The van der Waals surface area contributed by atoms with Gasteiger partial charge in [-0.2, -0.15) is 0 Å². The number of rotatable bonds is 7. The highest BCUT2D eigenvalue weighted by Crippen LogP contribution is 2.27. The van der Waals surface area contributed by atoms with Crippen LogP contribution in [-0.4, -0.2) is 69.1 Å². The van der Waals surface area contributed by atoms with Crippen LogP contribution in [0.15, 0.2) is 18.2 Å². The fraction of sp³-hybridized carbons (Fsp3) is 0.500. The van der Waals surface area contributed by atoms with Crippen molar-refractivity contribution in [2.75, 3.05) is 46.9 Å². The average Bonchev–Trinajstić information content (AvgIpc) is 2.61. The standard InChI is InChI=1S/C16H23N3O4/c1-22-14-4-3-13(9-15(14)23-2)10-17-11-16(21)19-7-5-18(12-20)6-8-19/h3-4,9,12,17H,5-8,10-11H2,1-2H3. The molecular weight excluding hydrogens is 298 g/mol. The number of nitrogens with zero attached hydrogens (tertiary/aromatic N) is 2. The lowest BCUT2D eigenvalue weighted by atomic mass is 10.2. The molecule has 2 amide bonds. The number of hydrogen-bond acceptors (Lipinski definition) is 5. The second-order valence-electron chi connectivity index (χ2n) is 5.32. The summed E-state index contributed by atoms with van der Waals surface area (Å²) < 4.78 is 10.5. The molecule has 1 N–H and O–H groups in total. The maximum Gasteiger partial charge on any atom is 0.236 e. The highest BCUT2D eigenvalue weighted by Gasteiger charge is 2.19. The highest BCUT2D eigenvalue weighted by molar-refractivity contribution is 5.78. The Morgan fingerprint density at radius 1 is 1.17 bits per heavy atom. The van der Waals surface area contributed by atoms with Gasteiger partial charge in [0.25, 0.3) is 0 Å². The van der Waals surface area contributed by atoms with Crippen molar-refractivity contribution < 1.29 is 19.1 Å². The number of benzene rings is 1. The van der Waals surface area contributed by atoms with Gasteiger partial charge in [0.1, 0.15) is 0 Å². The van der Waals surface area contributed by atoms with E-state index in [-0.39, 0.29) is 12.5 Å². The molecule has 0 saturated carbocycles. The minimum Gasteiger partial charge on any atom is -0.493 e. The number of amides is 2. The molecule has 0 bridgehead atoms. The first-order valence-corrected chi connectivity index (χ1v) is 7.56. The van der Waals surface area contributed by atoms with Crippen LogP contribution in [0.5, 0.6) is 11.5 Å². The lowest BCUT2D eigenvalue weighted by molar-refractivity contribution is -0.134. The second-order valence-corrected chi connectivity index (χ2v) is 5.32. The summed E-state index contributed by atoms with van der Waals surface area (Å²) in [6, 6.07) is 5.66. The normalized spacial score (nSPS) is 14.5. The molecule has 1 heterocycles. The molecule has 1 aromatic carbocycles. The maximum atomic E-state index is 12.1. The number of carbonyl (C=O) groups is 2. The molecule has 2 rings (SSSR count). The van der Waals surface area contributed by atoms with Crippen LogP contribution in [0, 0.1) is 0 Å². The second kappa shape index (κ2) is 8.38. The Bertz CT molecular complexity index is 542. The van der Waals surface area contributed by atoms with Crippen molar-refractivity contribution >= 4 is 12.3 Å². The van der Waals surface area contributed by atoms with Crippen molar-refractivity contribution in [3.05, 3.63) is 23.8 Å². The molecule has 1 aliphatic rings. The summed E-state index contributed by atoms with van der Waals surface area (Å²) in [6.07, 6.45) is 0.830. The van der Waals surface area contributed by atoms with Crippen LogP contribution in [0.1, 0.15) is 5.56 Å². The first kappa shape index (κ1) is 17.1. The van der Waals surface area contributed by atoms with Gasteiger partial charge >= 0.3 is 0 Å². The van der Waals surface area contributed by atoms with Crippen LogP contribution in [0.4, 0.5) is 0 Å². The summed E-state index contributed by atoms with van der Waals surface area (Å²) in [5.74, 6) is 1.40. The fourth-order valence-electron chi connectivity index (χ4n) is 2.49. The Balaban J connectivity index is 1.78. The quantitative estimate of drug-likeness (QED) is 0.721. The number of carbonyl (C=O) groups excluding carboxylic acids is 2. The van der Waals surface area contributed by atoms with E-state index in [0.29, 0.717) is 44.2 Å². The van der Waals surface area contributed by atoms with Gasteiger partial charge < -0.3 is 24.6 Å². The van der Waals surface area contributed by atoms with E-state index in [1.165, 1.54) is 0 Å². The third-order valence-corrected chi connectivity index (χ3v) is 3.87. The van der Waals surface area contributed by atoms with E-state index in [2.05, 4.69) is 5.32 Å². The van der Waals surface area contributed by atoms with Crippen molar-refractivity contribution in [1.29, 1.82) is 0 Å². The van der Waals surface area contributed by atoms with Crippen molar-refractivity contribution in [2.24, 2.45) is 0 Å². The monoisotopic (exact) mass is 321 g/mol. The summed E-state index contributed by atoms with van der Waals surface area (Å²) >= 11 is 0. The van der Waals surface area contributed by atoms with E-state index in [4.69, 9.17) is 9.47 Å². The van der Waals surface area contributed by atoms with Gasteiger partial charge in [-0.05, 0) is 17.7 Å². The zero-order valence-corrected chi connectivity index (χ0v) is 13.6. The molecule has 0 unspecified atom stereocenters. The fourth-order valence-corrected chi connectivity index (χ4v) is 2.49. The van der Waals surface area contributed by atoms with Gasteiger partial charge in [0.05, 0.1) is 20.8 Å². The van der Waals surface area contributed by atoms with Crippen LogP contribution < -0.4 is 14.8 Å². The Morgan fingerprint density at radius 2 is 1.87 bits per heavy atom. The Hall–Kier alpha value is -2.28. The van der Waals surface area contributed by atoms with E-state index in [0.717, 1.165) is 12.0 Å². The van der Waals surface area contributed by atoms with E-state index < -0.39 is 0 Å². The number of ether oxygens (including phenoxy) is 2. The molecule has 23 heavy (non-hydrogen) atoms. The molecule has 0 aromatic heterocycles. The van der Waals surface area contributed by atoms with Crippen LogP contribution in [0.3, 0.4) is 0 Å². The van der Waals surface area contributed by atoms with Gasteiger partial charge in [0, 0.05) is 32.7 Å². The predicted octanol–water partition coefficient (Wildman–Crippen LogP) is 0.0940. The lowest BCUT2D eigenvalue weighted by Crippen LogP contribution is -2.50. The molecular formula is C16H23N3O4. The molecule has 1 aromatic rings. The Kier molecular flexibility index (Phi) is 6.22. The predicted molar refractivity (Wildman–Crippen MR) is 85.5 cm³/mol. The van der Waals surface area contributed by atoms with Crippen molar-refractivity contribution in [2.45, 2.75) is 6.54 Å². The summed E-state index contributed by atoms with van der Waals surface area (Å²) in [6.45, 7) is 3.23. The molecule has 1 aliphatic heterocycles. The van der Waals surface area contributed by atoms with E-state index in [1.807, 2.05) is 18.2 Å². The first-order valence-electron chi connectivity index (χ1n) is 7.56. The number of nitrogens with one attached hydrogen (secondary N) is 1. The largest absolute Gasteiger partial charge is 0.493 e. The molecule has 7 nitrogen and oxygen atoms in total. The van der Waals surface area contributed by atoms with Crippen LogP contribution in [0.25, 0.3) is 0 Å². The molecule has 0 radical (unpaired) electrons. The topological polar surface area (TPSA) is 71.1 Å². The van der Waals surface area contributed by atoms with Crippen molar-refractivity contribution in [1.82, 2.24) is 15.1 Å². The molecule has 0 aliphatic carbocycles. The van der Waals surface area contributed by atoms with Crippen LogP contribution in [0.2, 0.25) is 0 Å². The summed E-state index contributed by atoms with van der Waals surface area (Å²) in [5, 5.41) is 3.14. The Morgan fingerprint density at radius 3 is 2.48 bits per heavy atom. The van der Waals surface area contributed by atoms with Gasteiger partial charge in [-0.1, -0.05) is 6.07 Å². The van der Waals surface area contributed by atoms with Crippen molar-refractivity contribution in [3.63, 3.8) is 0 Å². The van der Waals surface area contributed by atoms with Gasteiger partial charge in [-0.3, -0.25) is 9.59 Å². The van der Waals surface area contributed by atoms with Gasteiger partial charge in [0.15, 0.2) is 11.5 Å². The summed E-state index contributed by atoms with van der Waals surface area (Å²) in [7, 11) is 3.19. The average molecular weight is 321 g/mol. The molecule has 1 fully saturated rings. The van der Waals surface area contributed by atoms with E-state index in [9.17, 15) is 9.59 Å². The molecule has 1 saturated heterocycles. The molecule has 0 spiro atoms. The molecule has 7 heteroatoms. The minimum atomic E-state index is 0.0519. The van der Waals surface area contributed by atoms with E-state index >= 15 is 0 Å². The number of methoxy groups -OCH3 is 2. The zero-order valence-electron chi connectivity index (χ0n) is 13.6. The maximum absolute atomic E-state index is 12.1. The van der Waals surface area contributed by atoms with Crippen molar-refractivity contribution in [3.8, 4) is 11.5 Å². The summed E-state index contributed by atoms with van der Waals surface area (Å²) in [5.41, 5.74) is 1.02. The van der Waals surface area contributed by atoms with Gasteiger partial charge in [0.2, 0.25) is 12.3 Å². The first-order chi connectivity index (χ1) is 11.2. The smallest absolute Gasteiger partial charge is 0.236 e.